The molecule has 1 aromatic rings. The van der Waals surface area contributed by atoms with Crippen LogP contribution in [0, 0.1) is 0 Å². The number of unbranched alkanes of at least 4 members (excludes halogenated alkanes) is 3. The molecule has 0 radical (unpaired) electrons. The Labute approximate surface area is 115 Å². The molecule has 0 heterocycles. The Hall–Kier alpha value is -1.29. The largest absolute Gasteiger partial charge is 0.497 e. The van der Waals surface area contributed by atoms with Gasteiger partial charge in [-0.05, 0) is 18.6 Å². The van der Waals surface area contributed by atoms with Crippen LogP contribution >= 0.6 is 12.2 Å². The Bertz CT molecular complexity index is 393. The first-order valence-corrected chi connectivity index (χ1v) is 6.81. The SMILES string of the molecule is CCCCCCNc1cc(OC)ccc1C(N)=S. The van der Waals surface area contributed by atoms with Crippen LogP contribution in [0.5, 0.6) is 5.75 Å². The van der Waals surface area contributed by atoms with Crippen LogP contribution in [-0.4, -0.2) is 18.6 Å². The minimum Gasteiger partial charge on any atom is -0.497 e. The lowest BCUT2D eigenvalue weighted by Gasteiger charge is -2.12. The summed E-state index contributed by atoms with van der Waals surface area (Å²) in [6.45, 7) is 3.14. The van der Waals surface area contributed by atoms with E-state index in [1.165, 1.54) is 19.3 Å². The number of ether oxygens (including phenoxy) is 1. The van der Waals surface area contributed by atoms with Crippen molar-refractivity contribution < 1.29 is 4.74 Å². The van der Waals surface area contributed by atoms with Gasteiger partial charge >= 0.3 is 0 Å². The maximum atomic E-state index is 5.71. The average molecular weight is 266 g/mol. The molecule has 3 N–H and O–H groups in total. The molecule has 4 heteroatoms. The van der Waals surface area contributed by atoms with Crippen LogP contribution < -0.4 is 15.8 Å². The number of nitrogens with one attached hydrogen (secondary N) is 1. The molecule has 18 heavy (non-hydrogen) atoms. The van der Waals surface area contributed by atoms with Gasteiger partial charge in [-0.1, -0.05) is 38.4 Å². The van der Waals surface area contributed by atoms with Crippen molar-refractivity contribution in [3.05, 3.63) is 23.8 Å². The molecule has 0 atom stereocenters. The minimum atomic E-state index is 0.411. The van der Waals surface area contributed by atoms with Gasteiger partial charge in [-0.3, -0.25) is 0 Å². The van der Waals surface area contributed by atoms with E-state index in [-0.39, 0.29) is 0 Å². The topological polar surface area (TPSA) is 47.3 Å². The zero-order valence-electron chi connectivity index (χ0n) is 11.2. The van der Waals surface area contributed by atoms with Gasteiger partial charge in [0.2, 0.25) is 0 Å². The monoisotopic (exact) mass is 266 g/mol. The van der Waals surface area contributed by atoms with Crippen molar-refractivity contribution in [2.45, 2.75) is 32.6 Å². The van der Waals surface area contributed by atoms with Gasteiger partial charge in [0.25, 0.3) is 0 Å². The molecule has 0 spiro atoms. The molecule has 0 aliphatic carbocycles. The zero-order valence-corrected chi connectivity index (χ0v) is 12.0. The lowest BCUT2D eigenvalue weighted by molar-refractivity contribution is 0.415. The molecule has 0 bridgehead atoms. The van der Waals surface area contributed by atoms with Gasteiger partial charge in [0.1, 0.15) is 10.7 Å². The summed E-state index contributed by atoms with van der Waals surface area (Å²) in [6, 6.07) is 5.71. The van der Waals surface area contributed by atoms with E-state index in [1.54, 1.807) is 7.11 Å². The second kappa shape index (κ2) is 7.93. The van der Waals surface area contributed by atoms with Crippen molar-refractivity contribution >= 4 is 22.9 Å². The van der Waals surface area contributed by atoms with E-state index in [4.69, 9.17) is 22.7 Å². The van der Waals surface area contributed by atoms with E-state index in [0.29, 0.717) is 4.99 Å². The van der Waals surface area contributed by atoms with Crippen molar-refractivity contribution in [2.75, 3.05) is 19.0 Å². The fourth-order valence-corrected chi connectivity index (χ4v) is 1.96. The zero-order chi connectivity index (χ0) is 13.4. The maximum absolute atomic E-state index is 5.71. The molecule has 1 rings (SSSR count). The van der Waals surface area contributed by atoms with Gasteiger partial charge in [0, 0.05) is 23.9 Å². The first-order valence-electron chi connectivity index (χ1n) is 6.40. The normalized spacial score (nSPS) is 10.1. The van der Waals surface area contributed by atoms with Crippen molar-refractivity contribution in [3.8, 4) is 5.75 Å². The molecule has 1 aromatic carbocycles. The third-order valence-corrected chi connectivity index (χ3v) is 3.06. The van der Waals surface area contributed by atoms with Gasteiger partial charge in [0.05, 0.1) is 7.11 Å². The van der Waals surface area contributed by atoms with Gasteiger partial charge < -0.3 is 15.8 Å². The molecule has 0 fully saturated rings. The number of anilines is 1. The first-order chi connectivity index (χ1) is 8.69. The van der Waals surface area contributed by atoms with Gasteiger partial charge in [-0.25, -0.2) is 0 Å². The summed E-state index contributed by atoms with van der Waals surface area (Å²) in [6.07, 6.45) is 4.93. The van der Waals surface area contributed by atoms with E-state index in [0.717, 1.165) is 30.0 Å². The van der Waals surface area contributed by atoms with Crippen molar-refractivity contribution in [1.82, 2.24) is 0 Å². The smallest absolute Gasteiger partial charge is 0.120 e. The van der Waals surface area contributed by atoms with Crippen LogP contribution in [0.25, 0.3) is 0 Å². The molecule has 100 valence electrons. The molecule has 0 aliphatic rings. The Balaban J connectivity index is 2.63. The van der Waals surface area contributed by atoms with Crippen LogP contribution in [0.3, 0.4) is 0 Å². The highest BCUT2D eigenvalue weighted by atomic mass is 32.1. The third-order valence-electron chi connectivity index (χ3n) is 2.84. The van der Waals surface area contributed by atoms with Crippen molar-refractivity contribution in [3.63, 3.8) is 0 Å². The minimum absolute atomic E-state index is 0.411. The summed E-state index contributed by atoms with van der Waals surface area (Å²) >= 11 is 5.05. The van der Waals surface area contributed by atoms with Gasteiger partial charge in [-0.2, -0.15) is 0 Å². The van der Waals surface area contributed by atoms with E-state index in [1.807, 2.05) is 18.2 Å². The molecule has 0 saturated carbocycles. The lowest BCUT2D eigenvalue weighted by Crippen LogP contribution is -2.14. The Morgan fingerprint density at radius 2 is 2.11 bits per heavy atom. The number of nitrogens with two attached hydrogens (primary N) is 1. The summed E-state index contributed by atoms with van der Waals surface area (Å²) in [5.74, 6) is 0.811. The quantitative estimate of drug-likeness (QED) is 0.560. The van der Waals surface area contributed by atoms with E-state index in [9.17, 15) is 0 Å². The molecule has 0 unspecified atom stereocenters. The number of thiocarbonyl (C=S) groups is 1. The molecular formula is C14H22N2OS. The average Bonchev–Trinajstić information content (AvgIpc) is 2.38. The van der Waals surface area contributed by atoms with Crippen LogP contribution in [0.15, 0.2) is 18.2 Å². The number of hydrogen-bond acceptors (Lipinski definition) is 3. The lowest BCUT2D eigenvalue weighted by atomic mass is 10.1. The Morgan fingerprint density at radius 3 is 2.72 bits per heavy atom. The molecule has 0 aromatic heterocycles. The molecule has 0 amide bonds. The highest BCUT2D eigenvalue weighted by Gasteiger charge is 2.06. The molecular weight excluding hydrogens is 244 g/mol. The highest BCUT2D eigenvalue weighted by molar-refractivity contribution is 7.80. The second-order valence-electron chi connectivity index (χ2n) is 4.26. The second-order valence-corrected chi connectivity index (χ2v) is 4.70. The van der Waals surface area contributed by atoms with E-state index >= 15 is 0 Å². The molecule has 3 nitrogen and oxygen atoms in total. The van der Waals surface area contributed by atoms with Crippen LogP contribution in [0.4, 0.5) is 5.69 Å². The van der Waals surface area contributed by atoms with Crippen molar-refractivity contribution in [1.29, 1.82) is 0 Å². The van der Waals surface area contributed by atoms with Gasteiger partial charge in [-0.15, -0.1) is 0 Å². The number of benzene rings is 1. The van der Waals surface area contributed by atoms with Crippen LogP contribution in [0.2, 0.25) is 0 Å². The fourth-order valence-electron chi connectivity index (χ4n) is 1.79. The summed E-state index contributed by atoms with van der Waals surface area (Å²) < 4.78 is 5.21. The highest BCUT2D eigenvalue weighted by Crippen LogP contribution is 2.22. The Morgan fingerprint density at radius 1 is 1.33 bits per heavy atom. The van der Waals surface area contributed by atoms with Crippen LogP contribution in [-0.2, 0) is 0 Å². The van der Waals surface area contributed by atoms with E-state index in [2.05, 4.69) is 12.2 Å². The van der Waals surface area contributed by atoms with Crippen LogP contribution in [0.1, 0.15) is 38.2 Å². The van der Waals surface area contributed by atoms with E-state index < -0.39 is 0 Å². The Kier molecular flexibility index (Phi) is 6.50. The van der Waals surface area contributed by atoms with Gasteiger partial charge in [0.15, 0.2) is 0 Å². The maximum Gasteiger partial charge on any atom is 0.120 e. The van der Waals surface area contributed by atoms with Crippen molar-refractivity contribution in [2.24, 2.45) is 5.73 Å². The number of methoxy groups -OCH3 is 1. The summed E-state index contributed by atoms with van der Waals surface area (Å²) in [7, 11) is 1.65. The molecule has 0 aliphatic heterocycles. The summed E-state index contributed by atoms with van der Waals surface area (Å²) in [5.41, 5.74) is 7.54. The first kappa shape index (κ1) is 14.8. The summed E-state index contributed by atoms with van der Waals surface area (Å²) in [5, 5.41) is 3.38. The fraction of sp³-hybridized carbons (Fsp3) is 0.500. The molecule has 0 saturated heterocycles. The predicted octanol–water partition coefficient (Wildman–Crippen LogP) is 3.32. The number of hydrogen-bond donors (Lipinski definition) is 2. The predicted molar refractivity (Wildman–Crippen MR) is 81.5 cm³/mol. The third kappa shape index (κ3) is 4.53. The standard InChI is InChI=1S/C14H22N2OS/c1-3-4-5-6-9-16-13-10-11(17-2)7-8-12(13)14(15)18/h7-8,10,16H,3-6,9H2,1-2H3,(H2,15,18). The summed E-state index contributed by atoms with van der Waals surface area (Å²) in [4.78, 5) is 0.411. The number of rotatable bonds is 8.